The van der Waals surface area contributed by atoms with E-state index in [0.29, 0.717) is 23.8 Å². The van der Waals surface area contributed by atoms with Crippen LogP contribution in [0.25, 0.3) is 5.70 Å². The van der Waals surface area contributed by atoms with Crippen LogP contribution in [-0.2, 0) is 9.53 Å². The zero-order valence-corrected chi connectivity index (χ0v) is 14.0. The number of carbonyl (C=O) groups is 1. The lowest BCUT2D eigenvalue weighted by atomic mass is 10.1. The molecule has 2 aromatic carbocycles. The van der Waals surface area contributed by atoms with Crippen molar-refractivity contribution < 1.29 is 19.0 Å². The lowest BCUT2D eigenvalue weighted by Crippen LogP contribution is -2.06. The topological polar surface area (TPSA) is 56.8 Å². The first-order valence-corrected chi connectivity index (χ1v) is 7.60. The molecule has 5 nitrogen and oxygen atoms in total. The summed E-state index contributed by atoms with van der Waals surface area (Å²) in [6, 6.07) is 15.0. The van der Waals surface area contributed by atoms with Crippen LogP contribution in [0.15, 0.2) is 54.6 Å². The predicted molar refractivity (Wildman–Crippen MR) is 94.2 cm³/mol. The van der Waals surface area contributed by atoms with E-state index in [1.807, 2.05) is 36.4 Å². The van der Waals surface area contributed by atoms with E-state index in [1.54, 1.807) is 33.3 Å². The highest BCUT2D eigenvalue weighted by Gasteiger charge is 2.09. The normalized spacial score (nSPS) is 10.9. The number of hydrogen-bond donors (Lipinski definition) is 1. The van der Waals surface area contributed by atoms with E-state index in [-0.39, 0.29) is 0 Å². The smallest absolute Gasteiger partial charge is 0.332 e. The van der Waals surface area contributed by atoms with E-state index in [1.165, 1.54) is 6.08 Å². The largest absolute Gasteiger partial charge is 0.493 e. The number of hydrogen-bond acceptors (Lipinski definition) is 5. The van der Waals surface area contributed by atoms with Crippen molar-refractivity contribution >= 4 is 17.4 Å². The number of methoxy groups -OCH3 is 2. The molecule has 0 bridgehead atoms. The predicted octanol–water partition coefficient (Wildman–Crippen LogP) is 3.72. The van der Waals surface area contributed by atoms with Crippen LogP contribution < -0.4 is 14.8 Å². The van der Waals surface area contributed by atoms with E-state index in [0.717, 1.165) is 11.3 Å². The van der Waals surface area contributed by atoms with Crippen molar-refractivity contribution in [2.75, 3.05) is 26.1 Å². The third-order valence-electron chi connectivity index (χ3n) is 3.30. The maximum Gasteiger partial charge on any atom is 0.332 e. The molecule has 0 unspecified atom stereocenters. The van der Waals surface area contributed by atoms with Gasteiger partial charge in [-0.1, -0.05) is 30.3 Å². The molecule has 0 aliphatic carbocycles. The van der Waals surface area contributed by atoms with Crippen LogP contribution in [-0.4, -0.2) is 26.8 Å². The monoisotopic (exact) mass is 327 g/mol. The van der Waals surface area contributed by atoms with Gasteiger partial charge in [-0.3, -0.25) is 0 Å². The van der Waals surface area contributed by atoms with Crippen molar-refractivity contribution in [3.8, 4) is 11.5 Å². The zero-order valence-electron chi connectivity index (χ0n) is 14.0. The number of esters is 1. The maximum atomic E-state index is 11.9. The van der Waals surface area contributed by atoms with Crippen LogP contribution in [0.1, 0.15) is 12.5 Å². The van der Waals surface area contributed by atoms with Gasteiger partial charge in [0.1, 0.15) is 0 Å². The second-order valence-corrected chi connectivity index (χ2v) is 4.87. The average Bonchev–Trinajstić information content (AvgIpc) is 2.62. The molecule has 126 valence electrons. The third-order valence-corrected chi connectivity index (χ3v) is 3.30. The summed E-state index contributed by atoms with van der Waals surface area (Å²) < 4.78 is 15.6. The Morgan fingerprint density at radius 2 is 1.75 bits per heavy atom. The van der Waals surface area contributed by atoms with Crippen molar-refractivity contribution in [2.24, 2.45) is 0 Å². The Morgan fingerprint density at radius 1 is 1.04 bits per heavy atom. The summed E-state index contributed by atoms with van der Waals surface area (Å²) in [4.78, 5) is 11.9. The highest BCUT2D eigenvalue weighted by molar-refractivity contribution is 5.94. The summed E-state index contributed by atoms with van der Waals surface area (Å²) in [5.74, 6) is 0.842. The van der Waals surface area contributed by atoms with Gasteiger partial charge < -0.3 is 19.5 Å². The molecule has 0 radical (unpaired) electrons. The van der Waals surface area contributed by atoms with E-state index in [2.05, 4.69) is 5.32 Å². The van der Waals surface area contributed by atoms with Gasteiger partial charge in [0.15, 0.2) is 11.5 Å². The fraction of sp³-hybridized carbons (Fsp3) is 0.211. The Morgan fingerprint density at radius 3 is 2.38 bits per heavy atom. The van der Waals surface area contributed by atoms with E-state index >= 15 is 0 Å². The fourth-order valence-corrected chi connectivity index (χ4v) is 2.18. The second-order valence-electron chi connectivity index (χ2n) is 4.87. The van der Waals surface area contributed by atoms with Gasteiger partial charge in [0.2, 0.25) is 0 Å². The summed E-state index contributed by atoms with van der Waals surface area (Å²) in [5, 5.41) is 3.24. The number of benzene rings is 2. The van der Waals surface area contributed by atoms with E-state index in [4.69, 9.17) is 14.2 Å². The fourth-order valence-electron chi connectivity index (χ4n) is 2.18. The molecule has 5 heteroatoms. The first kappa shape index (κ1) is 17.4. The first-order valence-electron chi connectivity index (χ1n) is 7.60. The van der Waals surface area contributed by atoms with Gasteiger partial charge in [0.05, 0.1) is 26.5 Å². The summed E-state index contributed by atoms with van der Waals surface area (Å²) in [7, 11) is 3.16. The SMILES string of the molecule is CCOC(=O)C=C(Nc1ccc(OC)c(OC)c1)c1ccccc1. The van der Waals surface area contributed by atoms with Crippen molar-refractivity contribution in [3.05, 3.63) is 60.2 Å². The molecule has 1 N–H and O–H groups in total. The summed E-state index contributed by atoms with van der Waals surface area (Å²) >= 11 is 0. The zero-order chi connectivity index (χ0) is 17.4. The summed E-state index contributed by atoms with van der Waals surface area (Å²) in [5.41, 5.74) is 2.29. The van der Waals surface area contributed by atoms with Crippen molar-refractivity contribution in [1.82, 2.24) is 0 Å². The van der Waals surface area contributed by atoms with E-state index in [9.17, 15) is 4.79 Å². The Labute approximate surface area is 141 Å². The molecule has 24 heavy (non-hydrogen) atoms. The molecule has 2 aromatic rings. The molecule has 2 rings (SSSR count). The van der Waals surface area contributed by atoms with Crippen molar-refractivity contribution in [3.63, 3.8) is 0 Å². The highest BCUT2D eigenvalue weighted by atomic mass is 16.5. The Hall–Kier alpha value is -2.95. The van der Waals surface area contributed by atoms with Gasteiger partial charge in [-0.15, -0.1) is 0 Å². The Balaban J connectivity index is 2.33. The van der Waals surface area contributed by atoms with Crippen molar-refractivity contribution in [2.45, 2.75) is 6.92 Å². The van der Waals surface area contributed by atoms with Crippen LogP contribution in [0.5, 0.6) is 11.5 Å². The van der Waals surface area contributed by atoms with Gasteiger partial charge >= 0.3 is 5.97 Å². The molecule has 0 atom stereocenters. The summed E-state index contributed by atoms with van der Waals surface area (Å²) in [6.45, 7) is 2.10. The van der Waals surface area contributed by atoms with Crippen LogP contribution in [0.4, 0.5) is 5.69 Å². The Bertz CT molecular complexity index is 711. The van der Waals surface area contributed by atoms with Gasteiger partial charge in [-0.2, -0.15) is 0 Å². The number of ether oxygens (including phenoxy) is 3. The molecular formula is C19H21NO4. The molecule has 0 amide bonds. The number of nitrogens with one attached hydrogen (secondary N) is 1. The van der Waals surface area contributed by atoms with Crippen LogP contribution in [0.2, 0.25) is 0 Å². The first-order chi connectivity index (χ1) is 11.7. The van der Waals surface area contributed by atoms with Gasteiger partial charge in [-0.25, -0.2) is 4.79 Å². The average molecular weight is 327 g/mol. The lowest BCUT2D eigenvalue weighted by Gasteiger charge is -2.14. The standard InChI is InChI=1S/C19H21NO4/c1-4-24-19(21)13-16(14-8-6-5-7-9-14)20-15-10-11-17(22-2)18(12-15)23-3/h5-13,20H,4H2,1-3H3. The van der Waals surface area contributed by atoms with Crippen LogP contribution in [0, 0.1) is 0 Å². The minimum Gasteiger partial charge on any atom is -0.493 e. The van der Waals surface area contributed by atoms with Gasteiger partial charge in [0.25, 0.3) is 0 Å². The minimum absolute atomic E-state index is 0.327. The minimum atomic E-state index is -0.399. The molecule has 0 spiro atoms. The number of anilines is 1. The van der Waals surface area contributed by atoms with E-state index < -0.39 is 5.97 Å². The molecule has 0 heterocycles. The van der Waals surface area contributed by atoms with Gasteiger partial charge in [-0.05, 0) is 24.6 Å². The molecule has 0 saturated carbocycles. The molecular weight excluding hydrogens is 306 g/mol. The lowest BCUT2D eigenvalue weighted by molar-refractivity contribution is -0.137. The summed E-state index contributed by atoms with van der Waals surface area (Å²) in [6.07, 6.45) is 1.44. The number of carbonyl (C=O) groups excluding carboxylic acids is 1. The van der Waals surface area contributed by atoms with Gasteiger partial charge in [0, 0.05) is 17.8 Å². The molecule has 0 aromatic heterocycles. The van der Waals surface area contributed by atoms with Crippen molar-refractivity contribution in [1.29, 1.82) is 0 Å². The Kier molecular flexibility index (Phi) is 6.25. The third kappa shape index (κ3) is 4.52. The maximum absolute atomic E-state index is 11.9. The highest BCUT2D eigenvalue weighted by Crippen LogP contribution is 2.31. The molecule has 0 aliphatic rings. The van der Waals surface area contributed by atoms with Crippen LogP contribution >= 0.6 is 0 Å². The second kappa shape index (κ2) is 8.62. The quantitative estimate of drug-likeness (QED) is 0.620. The molecule has 0 saturated heterocycles. The molecule has 0 aliphatic heterocycles. The number of rotatable bonds is 7. The molecule has 0 fully saturated rings. The van der Waals surface area contributed by atoms with Crippen LogP contribution in [0.3, 0.4) is 0 Å².